The minimum atomic E-state index is -5.22. The van der Waals surface area contributed by atoms with Gasteiger partial charge in [0.25, 0.3) is 14.9 Å². The lowest BCUT2D eigenvalue weighted by Crippen LogP contribution is -2.18. The van der Waals surface area contributed by atoms with Crippen molar-refractivity contribution >= 4 is 19.7 Å². The molecule has 0 aliphatic carbocycles. The van der Waals surface area contributed by atoms with Crippen molar-refractivity contribution in [3.8, 4) is 17.7 Å². The van der Waals surface area contributed by atoms with Gasteiger partial charge in [0.15, 0.2) is 10.8 Å². The Hall–Kier alpha value is -1.73. The third-order valence-electron chi connectivity index (χ3n) is 1.52. The monoisotopic (exact) mass is 302 g/mol. The molecule has 1 N–H and O–H groups in total. The summed E-state index contributed by atoms with van der Waals surface area (Å²) in [7, 11) is 0.386. The SMILES string of the molecule is N#Cc1cc(S(=O)(=O)Cl)nc(OC(F)(F)F)c1O. The van der Waals surface area contributed by atoms with Gasteiger partial charge in [-0.3, -0.25) is 0 Å². The van der Waals surface area contributed by atoms with Crippen molar-refractivity contribution in [1.82, 2.24) is 4.98 Å². The topological polar surface area (TPSA) is 100 Å². The van der Waals surface area contributed by atoms with Crippen LogP contribution in [0.1, 0.15) is 5.56 Å². The summed E-state index contributed by atoms with van der Waals surface area (Å²) in [6.07, 6.45) is -5.22. The van der Waals surface area contributed by atoms with Gasteiger partial charge in [0, 0.05) is 10.7 Å². The summed E-state index contributed by atoms with van der Waals surface area (Å²) in [5.74, 6) is -2.71. The fraction of sp³-hybridized carbons (Fsp3) is 0.143. The van der Waals surface area contributed by atoms with Gasteiger partial charge in [0.1, 0.15) is 11.6 Å². The molecule has 0 saturated carbocycles. The van der Waals surface area contributed by atoms with Crippen LogP contribution in [0.4, 0.5) is 13.2 Å². The Balaban J connectivity index is 3.48. The van der Waals surface area contributed by atoms with E-state index >= 15 is 0 Å². The minimum absolute atomic E-state index is 0.515. The van der Waals surface area contributed by atoms with E-state index in [1.807, 2.05) is 0 Å². The molecule has 11 heteroatoms. The summed E-state index contributed by atoms with van der Waals surface area (Å²) in [6, 6.07) is 1.79. The lowest BCUT2D eigenvalue weighted by Gasteiger charge is -2.10. The average Bonchev–Trinajstić information content (AvgIpc) is 2.17. The maximum absolute atomic E-state index is 11.9. The fourth-order valence-corrected chi connectivity index (χ4v) is 1.57. The molecule has 6 nitrogen and oxygen atoms in total. The van der Waals surface area contributed by atoms with E-state index in [2.05, 4.69) is 9.72 Å². The number of pyridine rings is 1. The fourth-order valence-electron chi connectivity index (χ4n) is 0.883. The maximum atomic E-state index is 11.9. The lowest BCUT2D eigenvalue weighted by atomic mass is 10.3. The quantitative estimate of drug-likeness (QED) is 0.831. The van der Waals surface area contributed by atoms with Crippen LogP contribution in [0.25, 0.3) is 0 Å². The standard InChI is InChI=1S/C7H2ClF3N2O4S/c8-18(15,16)4-1-3(2-12)5(14)6(13-4)17-7(9,10)11/h1,14H. The summed E-state index contributed by atoms with van der Waals surface area (Å²) >= 11 is 0. The number of hydrogen-bond acceptors (Lipinski definition) is 6. The molecule has 18 heavy (non-hydrogen) atoms. The molecule has 0 saturated heterocycles. The van der Waals surface area contributed by atoms with Gasteiger partial charge in [-0.2, -0.15) is 10.2 Å². The van der Waals surface area contributed by atoms with Crippen LogP contribution < -0.4 is 4.74 Å². The molecule has 0 spiro atoms. The molecule has 0 atom stereocenters. The van der Waals surface area contributed by atoms with Crippen LogP contribution in [0.2, 0.25) is 0 Å². The Kier molecular flexibility index (Phi) is 3.59. The maximum Gasteiger partial charge on any atom is 0.574 e. The Morgan fingerprint density at radius 3 is 2.44 bits per heavy atom. The highest BCUT2D eigenvalue weighted by atomic mass is 35.7. The molecule has 1 heterocycles. The van der Waals surface area contributed by atoms with Gasteiger partial charge in [-0.15, -0.1) is 13.2 Å². The molecular weight excluding hydrogens is 301 g/mol. The molecule has 0 radical (unpaired) electrons. The van der Waals surface area contributed by atoms with E-state index in [1.54, 1.807) is 0 Å². The molecule has 1 aromatic rings. The van der Waals surface area contributed by atoms with Crippen LogP contribution in [0.3, 0.4) is 0 Å². The zero-order chi connectivity index (χ0) is 14.1. The van der Waals surface area contributed by atoms with Crippen molar-refractivity contribution in [1.29, 1.82) is 5.26 Å². The summed E-state index contributed by atoms with van der Waals surface area (Å²) in [5.41, 5.74) is -0.775. The average molecular weight is 303 g/mol. The smallest absolute Gasteiger partial charge is 0.502 e. The van der Waals surface area contributed by atoms with Gasteiger partial charge in [0.2, 0.25) is 0 Å². The number of rotatable bonds is 2. The highest BCUT2D eigenvalue weighted by Crippen LogP contribution is 2.34. The van der Waals surface area contributed by atoms with Gasteiger partial charge in [0.05, 0.1) is 0 Å². The van der Waals surface area contributed by atoms with Crippen molar-refractivity contribution in [2.24, 2.45) is 0 Å². The number of hydrogen-bond donors (Lipinski definition) is 1. The van der Waals surface area contributed by atoms with Crippen molar-refractivity contribution < 1.29 is 31.4 Å². The number of aromatic nitrogens is 1. The van der Waals surface area contributed by atoms with Gasteiger partial charge in [-0.05, 0) is 6.07 Å². The molecule has 0 aliphatic rings. The number of ether oxygens (including phenoxy) is 1. The van der Waals surface area contributed by atoms with Crippen LogP contribution in [-0.2, 0) is 9.05 Å². The second-order valence-corrected chi connectivity index (χ2v) is 5.27. The van der Waals surface area contributed by atoms with Crippen LogP contribution in [0, 0.1) is 11.3 Å². The van der Waals surface area contributed by atoms with Crippen LogP contribution in [-0.4, -0.2) is 24.9 Å². The Labute approximate surface area is 103 Å². The number of nitrogens with zero attached hydrogens (tertiary/aromatic N) is 2. The summed E-state index contributed by atoms with van der Waals surface area (Å²) in [5, 5.41) is 16.7. The van der Waals surface area contributed by atoms with E-state index in [0.29, 0.717) is 6.07 Å². The van der Waals surface area contributed by atoms with E-state index in [9.17, 15) is 26.7 Å². The van der Waals surface area contributed by atoms with E-state index < -0.39 is 37.6 Å². The number of alkyl halides is 3. The zero-order valence-electron chi connectivity index (χ0n) is 8.06. The van der Waals surface area contributed by atoms with Crippen LogP contribution in [0.15, 0.2) is 11.1 Å². The first kappa shape index (κ1) is 14.3. The number of nitriles is 1. The summed E-state index contributed by atoms with van der Waals surface area (Å²) in [4.78, 5) is 2.87. The highest BCUT2D eigenvalue weighted by molar-refractivity contribution is 8.13. The minimum Gasteiger partial charge on any atom is -0.502 e. The first-order chi connectivity index (χ1) is 8.04. The number of halogens is 4. The van der Waals surface area contributed by atoms with Gasteiger partial charge >= 0.3 is 6.36 Å². The van der Waals surface area contributed by atoms with E-state index in [0.717, 1.165) is 0 Å². The largest absolute Gasteiger partial charge is 0.574 e. The third kappa shape index (κ3) is 3.38. The van der Waals surface area contributed by atoms with Gasteiger partial charge in [-0.1, -0.05) is 0 Å². The Bertz CT molecular complexity index is 623. The van der Waals surface area contributed by atoms with Crippen molar-refractivity contribution in [2.75, 3.05) is 0 Å². The summed E-state index contributed by atoms with van der Waals surface area (Å²) in [6.45, 7) is 0. The van der Waals surface area contributed by atoms with Gasteiger partial charge in [-0.25, -0.2) is 8.42 Å². The van der Waals surface area contributed by atoms with E-state index in [-0.39, 0.29) is 0 Å². The highest BCUT2D eigenvalue weighted by Gasteiger charge is 2.34. The second-order valence-electron chi connectivity index (χ2n) is 2.76. The molecular formula is C7H2ClF3N2O4S. The van der Waals surface area contributed by atoms with Crippen LogP contribution in [0.5, 0.6) is 11.6 Å². The molecule has 0 amide bonds. The second kappa shape index (κ2) is 4.51. The molecule has 0 aliphatic heterocycles. The van der Waals surface area contributed by atoms with Crippen molar-refractivity contribution in [3.05, 3.63) is 11.6 Å². The predicted octanol–water partition coefficient (Wildman–Crippen LogP) is 1.48. The zero-order valence-corrected chi connectivity index (χ0v) is 9.64. The van der Waals surface area contributed by atoms with Crippen LogP contribution >= 0.6 is 10.7 Å². The molecule has 0 aromatic carbocycles. The predicted molar refractivity (Wildman–Crippen MR) is 50.3 cm³/mol. The molecule has 0 fully saturated rings. The molecule has 1 rings (SSSR count). The lowest BCUT2D eigenvalue weighted by molar-refractivity contribution is -0.276. The first-order valence-corrected chi connectivity index (χ1v) is 6.20. The molecule has 0 bridgehead atoms. The molecule has 0 unspecified atom stereocenters. The van der Waals surface area contributed by atoms with E-state index in [1.165, 1.54) is 6.07 Å². The summed E-state index contributed by atoms with van der Waals surface area (Å²) < 4.78 is 60.9. The third-order valence-corrected chi connectivity index (χ3v) is 2.70. The Morgan fingerprint density at radius 2 is 2.06 bits per heavy atom. The van der Waals surface area contributed by atoms with E-state index in [4.69, 9.17) is 15.9 Å². The number of aromatic hydroxyl groups is 1. The normalized spacial score (nSPS) is 11.9. The first-order valence-electron chi connectivity index (χ1n) is 3.89. The van der Waals surface area contributed by atoms with Crippen molar-refractivity contribution in [3.63, 3.8) is 0 Å². The van der Waals surface area contributed by atoms with Gasteiger partial charge < -0.3 is 9.84 Å². The van der Waals surface area contributed by atoms with Crippen molar-refractivity contribution in [2.45, 2.75) is 11.4 Å². The molecule has 1 aromatic heterocycles. The molecule has 98 valence electrons. The Morgan fingerprint density at radius 1 is 1.50 bits per heavy atom.